The summed E-state index contributed by atoms with van der Waals surface area (Å²) in [6.45, 7) is -1.35. The molecule has 0 unspecified atom stereocenters. The summed E-state index contributed by atoms with van der Waals surface area (Å²) >= 11 is 5.85. The van der Waals surface area contributed by atoms with Crippen LogP contribution in [0.5, 0.6) is 5.75 Å². The van der Waals surface area contributed by atoms with E-state index in [4.69, 9.17) is 21.4 Å². The van der Waals surface area contributed by atoms with Gasteiger partial charge >= 0.3 is 6.18 Å². The molecule has 0 heterocycles. The summed E-state index contributed by atoms with van der Waals surface area (Å²) in [4.78, 5) is 13.1. The van der Waals surface area contributed by atoms with E-state index in [9.17, 15) is 18.0 Å². The lowest BCUT2D eigenvalue weighted by Crippen LogP contribution is -2.37. The van der Waals surface area contributed by atoms with Gasteiger partial charge in [-0.25, -0.2) is 0 Å². The van der Waals surface area contributed by atoms with Crippen LogP contribution < -0.4 is 10.1 Å². The quantitative estimate of drug-likeness (QED) is 0.703. The molecule has 136 valence electrons. The van der Waals surface area contributed by atoms with Gasteiger partial charge in [0.15, 0.2) is 0 Å². The first kappa shape index (κ1) is 20.5. The molecule has 0 fully saturated rings. The second kappa shape index (κ2) is 9.71. The van der Waals surface area contributed by atoms with Gasteiger partial charge in [-0.2, -0.15) is 13.2 Å². The van der Waals surface area contributed by atoms with Crippen molar-refractivity contribution in [3.05, 3.63) is 23.2 Å². The minimum absolute atomic E-state index is 0.0593. The van der Waals surface area contributed by atoms with Crippen LogP contribution in [0.3, 0.4) is 0 Å². The SMILES string of the molecule is COc1ccc(Cl)cc1NC(=O)CCN(CCCO)CC(F)(F)F. The lowest BCUT2D eigenvalue weighted by Gasteiger charge is -2.23. The van der Waals surface area contributed by atoms with Gasteiger partial charge in [-0.1, -0.05) is 11.6 Å². The number of anilines is 1. The molecule has 0 aliphatic heterocycles. The minimum atomic E-state index is -4.36. The molecule has 24 heavy (non-hydrogen) atoms. The maximum atomic E-state index is 12.5. The van der Waals surface area contributed by atoms with Crippen LogP contribution in [-0.2, 0) is 4.79 Å². The molecule has 0 atom stereocenters. The number of aliphatic hydroxyl groups is 1. The van der Waals surface area contributed by atoms with Crippen molar-refractivity contribution in [1.29, 1.82) is 0 Å². The molecule has 9 heteroatoms. The monoisotopic (exact) mass is 368 g/mol. The molecule has 0 spiro atoms. The number of hydrogen-bond donors (Lipinski definition) is 2. The summed E-state index contributed by atoms with van der Waals surface area (Å²) in [5.41, 5.74) is 0.354. The van der Waals surface area contributed by atoms with Crippen molar-refractivity contribution < 1.29 is 27.8 Å². The molecule has 1 amide bonds. The van der Waals surface area contributed by atoms with Crippen molar-refractivity contribution in [3.63, 3.8) is 0 Å². The molecule has 1 aromatic carbocycles. The normalized spacial score (nSPS) is 11.6. The van der Waals surface area contributed by atoms with Crippen LogP contribution in [0.4, 0.5) is 18.9 Å². The fourth-order valence-corrected chi connectivity index (χ4v) is 2.24. The number of amides is 1. The minimum Gasteiger partial charge on any atom is -0.495 e. The van der Waals surface area contributed by atoms with Crippen LogP contribution >= 0.6 is 11.6 Å². The molecule has 1 aromatic rings. The van der Waals surface area contributed by atoms with E-state index in [1.165, 1.54) is 13.2 Å². The Morgan fingerprint density at radius 1 is 1.38 bits per heavy atom. The van der Waals surface area contributed by atoms with Crippen molar-refractivity contribution in [3.8, 4) is 5.75 Å². The van der Waals surface area contributed by atoms with Gasteiger partial charge in [0.25, 0.3) is 0 Å². The molecule has 0 bridgehead atoms. The smallest absolute Gasteiger partial charge is 0.401 e. The third-order valence-electron chi connectivity index (χ3n) is 3.13. The van der Waals surface area contributed by atoms with E-state index in [2.05, 4.69) is 5.32 Å². The average molecular weight is 369 g/mol. The number of methoxy groups -OCH3 is 1. The number of alkyl halides is 3. The summed E-state index contributed by atoms with van der Waals surface area (Å²) < 4.78 is 42.6. The summed E-state index contributed by atoms with van der Waals surface area (Å²) in [6.07, 6.45) is -4.28. The van der Waals surface area contributed by atoms with Gasteiger partial charge in [0.1, 0.15) is 5.75 Å². The van der Waals surface area contributed by atoms with E-state index in [1.807, 2.05) is 0 Å². The van der Waals surface area contributed by atoms with Gasteiger partial charge in [-0.05, 0) is 24.6 Å². The average Bonchev–Trinajstić information content (AvgIpc) is 2.49. The van der Waals surface area contributed by atoms with Crippen molar-refractivity contribution in [2.75, 3.05) is 38.7 Å². The van der Waals surface area contributed by atoms with Gasteiger partial charge < -0.3 is 15.2 Å². The highest BCUT2D eigenvalue weighted by molar-refractivity contribution is 6.31. The maximum absolute atomic E-state index is 12.5. The topological polar surface area (TPSA) is 61.8 Å². The predicted molar refractivity (Wildman–Crippen MR) is 85.4 cm³/mol. The number of halogens is 4. The number of carbonyl (C=O) groups excluding carboxylic acids is 1. The van der Waals surface area contributed by atoms with Gasteiger partial charge in [0, 0.05) is 31.1 Å². The summed E-state index contributed by atoms with van der Waals surface area (Å²) in [6, 6.07) is 4.67. The Bertz CT molecular complexity index is 541. The van der Waals surface area contributed by atoms with Crippen LogP contribution in [-0.4, -0.2) is 55.4 Å². The first-order valence-corrected chi connectivity index (χ1v) is 7.66. The number of ether oxygens (including phenoxy) is 1. The second-order valence-corrected chi connectivity index (χ2v) is 5.55. The number of carbonyl (C=O) groups is 1. The fourth-order valence-electron chi connectivity index (χ4n) is 2.07. The van der Waals surface area contributed by atoms with Gasteiger partial charge in [0.2, 0.25) is 5.91 Å². The van der Waals surface area contributed by atoms with Crippen molar-refractivity contribution >= 4 is 23.2 Å². The van der Waals surface area contributed by atoms with Crippen LogP contribution in [0.2, 0.25) is 5.02 Å². The third kappa shape index (κ3) is 7.85. The van der Waals surface area contributed by atoms with Crippen molar-refractivity contribution in [2.45, 2.75) is 19.0 Å². The van der Waals surface area contributed by atoms with E-state index in [0.29, 0.717) is 16.5 Å². The lowest BCUT2D eigenvalue weighted by atomic mass is 10.2. The molecule has 0 saturated carbocycles. The molecule has 1 rings (SSSR count). The standard InChI is InChI=1S/C15H20ClF3N2O3/c1-24-13-4-3-11(16)9-12(13)20-14(23)5-7-21(6-2-8-22)10-15(17,18)19/h3-4,9,22H,2,5-8,10H2,1H3,(H,20,23). The lowest BCUT2D eigenvalue weighted by molar-refractivity contribution is -0.147. The molecule has 0 saturated heterocycles. The first-order chi connectivity index (χ1) is 11.2. The Kier molecular flexibility index (Phi) is 8.30. The van der Waals surface area contributed by atoms with Crippen LogP contribution in [0.15, 0.2) is 18.2 Å². The molecule has 0 radical (unpaired) electrons. The second-order valence-electron chi connectivity index (χ2n) is 5.11. The maximum Gasteiger partial charge on any atom is 0.401 e. The molecule has 2 N–H and O–H groups in total. The van der Waals surface area contributed by atoms with Gasteiger partial charge in [-0.3, -0.25) is 9.69 Å². The number of hydrogen-bond acceptors (Lipinski definition) is 4. The highest BCUT2D eigenvalue weighted by Gasteiger charge is 2.30. The zero-order valence-electron chi connectivity index (χ0n) is 13.2. The third-order valence-corrected chi connectivity index (χ3v) is 3.36. The van der Waals surface area contributed by atoms with Crippen molar-refractivity contribution in [2.24, 2.45) is 0 Å². The van der Waals surface area contributed by atoms with Gasteiger partial charge in [-0.15, -0.1) is 0 Å². The number of benzene rings is 1. The largest absolute Gasteiger partial charge is 0.495 e. The zero-order valence-corrected chi connectivity index (χ0v) is 14.0. The summed E-state index contributed by atoms with van der Waals surface area (Å²) in [5, 5.41) is 11.7. The summed E-state index contributed by atoms with van der Waals surface area (Å²) in [7, 11) is 1.43. The fraction of sp³-hybridized carbons (Fsp3) is 0.533. The Morgan fingerprint density at radius 3 is 2.67 bits per heavy atom. The van der Waals surface area contributed by atoms with Crippen LogP contribution in [0.25, 0.3) is 0 Å². The van der Waals surface area contributed by atoms with E-state index in [1.54, 1.807) is 12.1 Å². The Labute approximate surface area is 143 Å². The summed E-state index contributed by atoms with van der Waals surface area (Å²) in [5.74, 6) is -0.0492. The van der Waals surface area contributed by atoms with E-state index in [-0.39, 0.29) is 32.5 Å². The van der Waals surface area contributed by atoms with E-state index in [0.717, 1.165) is 4.90 Å². The molecular weight excluding hydrogens is 349 g/mol. The Hall–Kier alpha value is -1.51. The predicted octanol–water partition coefficient (Wildman–Crippen LogP) is 2.92. The van der Waals surface area contributed by atoms with Gasteiger partial charge in [0.05, 0.1) is 19.3 Å². The van der Waals surface area contributed by atoms with E-state index < -0.39 is 18.6 Å². The number of nitrogens with zero attached hydrogens (tertiary/aromatic N) is 1. The van der Waals surface area contributed by atoms with Crippen LogP contribution in [0, 0.1) is 0 Å². The van der Waals surface area contributed by atoms with Crippen LogP contribution in [0.1, 0.15) is 12.8 Å². The molecule has 5 nitrogen and oxygen atoms in total. The highest BCUT2D eigenvalue weighted by Crippen LogP contribution is 2.27. The number of aliphatic hydroxyl groups excluding tert-OH is 1. The molecule has 0 aliphatic carbocycles. The van der Waals surface area contributed by atoms with Crippen molar-refractivity contribution in [1.82, 2.24) is 4.90 Å². The molecule has 0 aromatic heterocycles. The molecule has 0 aliphatic rings. The number of nitrogens with one attached hydrogen (secondary N) is 1. The first-order valence-electron chi connectivity index (χ1n) is 7.28. The highest BCUT2D eigenvalue weighted by atomic mass is 35.5. The number of rotatable bonds is 9. The molecular formula is C15H20ClF3N2O3. The van der Waals surface area contributed by atoms with E-state index >= 15 is 0 Å². The Balaban J connectivity index is 2.60. The zero-order chi connectivity index (χ0) is 18.2. The Morgan fingerprint density at radius 2 is 2.08 bits per heavy atom.